The van der Waals surface area contributed by atoms with Gasteiger partial charge in [-0.2, -0.15) is 0 Å². The summed E-state index contributed by atoms with van der Waals surface area (Å²) >= 11 is 0. The number of hydrogen-bond acceptors (Lipinski definition) is 12. The Balaban J connectivity index is 1.68. The molecule has 1 aromatic carbocycles. The zero-order valence-corrected chi connectivity index (χ0v) is 16.6. The van der Waals surface area contributed by atoms with Gasteiger partial charge in [-0.25, -0.2) is 4.79 Å². The van der Waals surface area contributed by atoms with Crippen LogP contribution in [0.2, 0.25) is 0 Å². The first-order chi connectivity index (χ1) is 14.7. The molecule has 6 N–H and O–H groups in total. The molecule has 0 unspecified atom stereocenters. The number of carbonyl (C=O) groups is 1. The molecule has 2 fully saturated rings. The van der Waals surface area contributed by atoms with Gasteiger partial charge in [0.15, 0.2) is 6.29 Å². The molecule has 12 nitrogen and oxygen atoms in total. The monoisotopic (exact) mass is 446 g/mol. The van der Waals surface area contributed by atoms with E-state index in [0.717, 1.165) is 0 Å². The molecule has 0 bridgehead atoms. The highest BCUT2D eigenvalue weighted by Gasteiger charge is 2.46. The summed E-state index contributed by atoms with van der Waals surface area (Å²) in [5.41, 5.74) is 0.0560. The van der Waals surface area contributed by atoms with Crippen molar-refractivity contribution >= 4 is 5.97 Å². The molecular formula is C19H26O12. The van der Waals surface area contributed by atoms with Gasteiger partial charge in [0, 0.05) is 0 Å². The minimum Gasteiger partial charge on any atom is -0.465 e. The van der Waals surface area contributed by atoms with Crippen molar-refractivity contribution in [3.63, 3.8) is 0 Å². The molecule has 3 rings (SSSR count). The number of aliphatic hydroxyl groups is 6. The van der Waals surface area contributed by atoms with Crippen LogP contribution in [0.3, 0.4) is 0 Å². The van der Waals surface area contributed by atoms with E-state index in [2.05, 4.69) is 4.74 Å². The van der Waals surface area contributed by atoms with E-state index in [1.165, 1.54) is 19.2 Å². The summed E-state index contributed by atoms with van der Waals surface area (Å²) in [6.07, 6.45) is -13.3. The fraction of sp³-hybridized carbons (Fsp3) is 0.632. The molecule has 2 aliphatic heterocycles. The van der Waals surface area contributed by atoms with Crippen molar-refractivity contribution in [2.45, 2.75) is 55.3 Å². The molecule has 0 amide bonds. The Kier molecular flexibility index (Phi) is 7.80. The lowest BCUT2D eigenvalue weighted by Gasteiger charge is -2.41. The Morgan fingerprint density at radius 3 is 2.35 bits per heavy atom. The lowest BCUT2D eigenvalue weighted by molar-refractivity contribution is -0.307. The molecule has 0 aliphatic carbocycles. The maximum absolute atomic E-state index is 11.9. The molecule has 0 spiro atoms. The van der Waals surface area contributed by atoms with Gasteiger partial charge in [0.25, 0.3) is 0 Å². The van der Waals surface area contributed by atoms with Gasteiger partial charge in [-0.3, -0.25) is 0 Å². The minimum atomic E-state index is -1.68. The fourth-order valence-electron chi connectivity index (χ4n) is 3.24. The van der Waals surface area contributed by atoms with E-state index in [9.17, 15) is 35.4 Å². The average Bonchev–Trinajstić information content (AvgIpc) is 2.78. The van der Waals surface area contributed by atoms with E-state index in [-0.39, 0.29) is 17.9 Å². The van der Waals surface area contributed by atoms with E-state index in [1.807, 2.05) is 0 Å². The first kappa shape index (κ1) is 23.8. The quantitative estimate of drug-likeness (QED) is 0.246. The molecule has 31 heavy (non-hydrogen) atoms. The second-order valence-electron chi connectivity index (χ2n) is 7.20. The molecule has 174 valence electrons. The van der Waals surface area contributed by atoms with E-state index in [4.69, 9.17) is 18.9 Å². The van der Waals surface area contributed by atoms with E-state index < -0.39 is 67.9 Å². The van der Waals surface area contributed by atoms with Crippen LogP contribution in [0.1, 0.15) is 10.4 Å². The van der Waals surface area contributed by atoms with Crippen LogP contribution in [0.25, 0.3) is 0 Å². The van der Waals surface area contributed by atoms with Crippen LogP contribution in [0, 0.1) is 0 Å². The summed E-state index contributed by atoms with van der Waals surface area (Å²) in [4.78, 5) is 11.9. The number of esters is 1. The maximum atomic E-state index is 11.9. The average molecular weight is 446 g/mol. The molecular weight excluding hydrogens is 420 g/mol. The lowest BCUT2D eigenvalue weighted by Crippen LogP contribution is -2.61. The van der Waals surface area contributed by atoms with Gasteiger partial charge in [-0.05, 0) is 12.1 Å². The van der Waals surface area contributed by atoms with Crippen molar-refractivity contribution in [3.05, 3.63) is 29.8 Å². The largest absolute Gasteiger partial charge is 0.465 e. The molecule has 2 aliphatic rings. The SMILES string of the molecule is COC(=O)c1ccccc1O[C@H]1O[C@@H](CO[C@@H]2OC[C@@H](O)[C@H](O)[C@@H]2O)[C@H](O)[C@@H](O)[C@@H]1O. The topological polar surface area (TPSA) is 185 Å². The van der Waals surface area contributed by atoms with Crippen LogP contribution in [-0.4, -0.2) is 112 Å². The van der Waals surface area contributed by atoms with Crippen LogP contribution in [0.15, 0.2) is 24.3 Å². The molecule has 12 heteroatoms. The van der Waals surface area contributed by atoms with Gasteiger partial charge in [-0.15, -0.1) is 0 Å². The van der Waals surface area contributed by atoms with Crippen molar-refractivity contribution in [1.29, 1.82) is 0 Å². The molecule has 2 heterocycles. The zero-order valence-electron chi connectivity index (χ0n) is 16.6. The van der Waals surface area contributed by atoms with Gasteiger partial charge in [0.2, 0.25) is 6.29 Å². The van der Waals surface area contributed by atoms with Crippen molar-refractivity contribution < 1.29 is 59.1 Å². The molecule has 0 saturated carbocycles. The van der Waals surface area contributed by atoms with Crippen molar-refractivity contribution in [2.24, 2.45) is 0 Å². The number of ether oxygens (including phenoxy) is 5. The fourth-order valence-corrected chi connectivity index (χ4v) is 3.24. The number of methoxy groups -OCH3 is 1. The van der Waals surface area contributed by atoms with Crippen molar-refractivity contribution in [2.75, 3.05) is 20.3 Å². The third-order valence-corrected chi connectivity index (χ3v) is 5.08. The smallest absolute Gasteiger partial charge is 0.341 e. The third-order valence-electron chi connectivity index (χ3n) is 5.08. The Bertz CT molecular complexity index is 744. The predicted octanol–water partition coefficient (Wildman–Crippen LogP) is -2.88. The number of carbonyl (C=O) groups excluding carboxylic acids is 1. The van der Waals surface area contributed by atoms with Crippen LogP contribution in [-0.2, 0) is 18.9 Å². The number of aliphatic hydroxyl groups excluding tert-OH is 6. The Hall–Kier alpha value is -1.87. The van der Waals surface area contributed by atoms with Crippen LogP contribution in [0.4, 0.5) is 0 Å². The van der Waals surface area contributed by atoms with Crippen molar-refractivity contribution in [3.8, 4) is 5.75 Å². The predicted molar refractivity (Wildman–Crippen MR) is 98.8 cm³/mol. The molecule has 0 aromatic heterocycles. The standard InChI is InChI=1S/C19H26O12/c1-27-17(26)8-4-2-3-5-10(8)30-19-16(25)14(23)13(22)11(31-19)7-29-18-15(24)12(21)9(20)6-28-18/h2-5,9,11-16,18-25H,6-7H2,1H3/t9-,11+,12+,13+,14-,15+,16+,18+,19+/m1/s1. The summed E-state index contributed by atoms with van der Waals surface area (Å²) in [6.45, 7) is -0.706. The Morgan fingerprint density at radius 1 is 0.968 bits per heavy atom. The van der Waals surface area contributed by atoms with Gasteiger partial charge >= 0.3 is 5.97 Å². The van der Waals surface area contributed by atoms with E-state index in [0.29, 0.717) is 0 Å². The van der Waals surface area contributed by atoms with Crippen LogP contribution >= 0.6 is 0 Å². The summed E-state index contributed by atoms with van der Waals surface area (Å²) in [5, 5.41) is 59.8. The number of rotatable bonds is 6. The highest BCUT2D eigenvalue weighted by Crippen LogP contribution is 2.28. The molecule has 2 saturated heterocycles. The first-order valence-electron chi connectivity index (χ1n) is 9.55. The molecule has 0 radical (unpaired) electrons. The van der Waals surface area contributed by atoms with E-state index >= 15 is 0 Å². The van der Waals surface area contributed by atoms with E-state index in [1.54, 1.807) is 12.1 Å². The summed E-state index contributed by atoms with van der Waals surface area (Å²) in [6, 6.07) is 6.02. The molecule has 1 aromatic rings. The maximum Gasteiger partial charge on any atom is 0.341 e. The van der Waals surface area contributed by atoms with Crippen LogP contribution in [0.5, 0.6) is 5.75 Å². The molecule has 9 atom stereocenters. The first-order valence-corrected chi connectivity index (χ1v) is 9.55. The van der Waals surface area contributed by atoms with Gasteiger partial charge in [-0.1, -0.05) is 12.1 Å². The summed E-state index contributed by atoms with van der Waals surface area (Å²) in [7, 11) is 1.19. The minimum absolute atomic E-state index is 0.0183. The van der Waals surface area contributed by atoms with Crippen LogP contribution < -0.4 is 4.74 Å². The number of para-hydroxylation sites is 1. The second kappa shape index (κ2) is 10.2. The summed E-state index contributed by atoms with van der Waals surface area (Å²) < 4.78 is 26.2. The van der Waals surface area contributed by atoms with Crippen molar-refractivity contribution in [1.82, 2.24) is 0 Å². The summed E-state index contributed by atoms with van der Waals surface area (Å²) in [5.74, 6) is -0.671. The second-order valence-corrected chi connectivity index (χ2v) is 7.20. The highest BCUT2D eigenvalue weighted by molar-refractivity contribution is 5.92. The highest BCUT2D eigenvalue weighted by atomic mass is 16.7. The van der Waals surface area contributed by atoms with Gasteiger partial charge in [0.05, 0.1) is 20.3 Å². The zero-order chi connectivity index (χ0) is 22.7. The Morgan fingerprint density at radius 2 is 1.65 bits per heavy atom. The Labute approximate surface area is 177 Å². The number of benzene rings is 1. The van der Waals surface area contributed by atoms with Gasteiger partial charge in [0.1, 0.15) is 54.0 Å². The normalized spacial score (nSPS) is 38.5. The van der Waals surface area contributed by atoms with Gasteiger partial charge < -0.3 is 54.3 Å². The lowest BCUT2D eigenvalue weighted by atomic mass is 9.99. The number of hydrogen-bond donors (Lipinski definition) is 6. The third kappa shape index (κ3) is 5.14.